The van der Waals surface area contributed by atoms with Crippen LogP contribution in [-0.4, -0.2) is 51.3 Å². The van der Waals surface area contributed by atoms with Crippen LogP contribution in [0.3, 0.4) is 0 Å². The van der Waals surface area contributed by atoms with Crippen LogP contribution in [0.2, 0.25) is 0 Å². The van der Waals surface area contributed by atoms with E-state index in [1.165, 1.54) is 11.4 Å². The van der Waals surface area contributed by atoms with Crippen LogP contribution in [0.25, 0.3) is 0 Å². The summed E-state index contributed by atoms with van der Waals surface area (Å²) < 4.78 is 30.2. The summed E-state index contributed by atoms with van der Waals surface area (Å²) in [7, 11) is -1.64. The molecule has 0 radical (unpaired) electrons. The first-order valence-corrected chi connectivity index (χ1v) is 6.81. The van der Waals surface area contributed by atoms with Gasteiger partial charge in [-0.2, -0.15) is 0 Å². The van der Waals surface area contributed by atoms with Gasteiger partial charge in [0, 0.05) is 20.2 Å². The van der Waals surface area contributed by atoms with Crippen molar-refractivity contribution in [3.63, 3.8) is 0 Å². The molecule has 90 valence electrons. The minimum Gasteiger partial charge on any atom is -0.381 e. The fourth-order valence-corrected chi connectivity index (χ4v) is 3.47. The molecule has 2 atom stereocenters. The van der Waals surface area contributed by atoms with Gasteiger partial charge in [0.25, 0.3) is 0 Å². The Morgan fingerprint density at radius 1 is 1.60 bits per heavy atom. The third kappa shape index (κ3) is 3.41. The number of nitrogens with zero attached hydrogens (tertiary/aromatic N) is 1. The molecule has 1 saturated heterocycles. The van der Waals surface area contributed by atoms with Gasteiger partial charge < -0.3 is 10.5 Å². The zero-order valence-corrected chi connectivity index (χ0v) is 10.2. The predicted octanol–water partition coefficient (Wildman–Crippen LogP) is -0.368. The molecule has 1 heterocycles. The molecule has 0 aromatic carbocycles. The third-order valence-corrected chi connectivity index (χ3v) is 4.83. The van der Waals surface area contributed by atoms with Crippen molar-refractivity contribution in [3.8, 4) is 0 Å². The number of sulfonamides is 1. The van der Waals surface area contributed by atoms with Gasteiger partial charge in [-0.25, -0.2) is 12.7 Å². The molecule has 0 saturated carbocycles. The van der Waals surface area contributed by atoms with Crippen LogP contribution in [0.15, 0.2) is 0 Å². The molecular formula is C9H20N2O3S. The van der Waals surface area contributed by atoms with Crippen molar-refractivity contribution in [2.75, 3.05) is 32.5 Å². The van der Waals surface area contributed by atoms with Crippen molar-refractivity contribution in [1.29, 1.82) is 0 Å². The van der Waals surface area contributed by atoms with Gasteiger partial charge in [-0.15, -0.1) is 0 Å². The van der Waals surface area contributed by atoms with E-state index < -0.39 is 10.0 Å². The molecule has 0 aromatic rings. The lowest BCUT2D eigenvalue weighted by Gasteiger charge is -2.18. The van der Waals surface area contributed by atoms with E-state index in [1.807, 2.05) is 0 Å². The maximum Gasteiger partial charge on any atom is 0.216 e. The Hall–Kier alpha value is -0.170. The number of methoxy groups -OCH3 is 1. The lowest BCUT2D eigenvalue weighted by molar-refractivity contribution is 0.135. The Kier molecular flexibility index (Phi) is 4.51. The van der Waals surface area contributed by atoms with Crippen LogP contribution in [0.4, 0.5) is 0 Å². The summed E-state index contributed by atoms with van der Waals surface area (Å²) in [6.45, 7) is 3.48. The molecule has 1 fully saturated rings. The van der Waals surface area contributed by atoms with Gasteiger partial charge in [0.15, 0.2) is 0 Å². The standard InChI is InChI=1S/C9H20N2O3S/c1-8(14-2)7-15(12,13)11-4-3-9(5-10)6-11/h8-9H,3-7,10H2,1-2H3. The molecule has 1 aliphatic heterocycles. The molecule has 5 nitrogen and oxygen atoms in total. The highest BCUT2D eigenvalue weighted by Gasteiger charge is 2.31. The summed E-state index contributed by atoms with van der Waals surface area (Å²) in [5, 5.41) is 0. The van der Waals surface area contributed by atoms with Crippen LogP contribution >= 0.6 is 0 Å². The zero-order chi connectivity index (χ0) is 11.5. The van der Waals surface area contributed by atoms with E-state index in [1.54, 1.807) is 6.92 Å². The molecule has 1 aliphatic rings. The molecule has 0 aromatic heterocycles. The van der Waals surface area contributed by atoms with E-state index in [0.717, 1.165) is 6.42 Å². The van der Waals surface area contributed by atoms with Crippen molar-refractivity contribution >= 4 is 10.0 Å². The van der Waals surface area contributed by atoms with E-state index in [2.05, 4.69) is 0 Å². The number of hydrogen-bond acceptors (Lipinski definition) is 4. The number of hydrogen-bond donors (Lipinski definition) is 1. The largest absolute Gasteiger partial charge is 0.381 e. The third-order valence-electron chi connectivity index (χ3n) is 2.82. The quantitative estimate of drug-likeness (QED) is 0.707. The summed E-state index contributed by atoms with van der Waals surface area (Å²) in [5.41, 5.74) is 5.52. The van der Waals surface area contributed by atoms with Gasteiger partial charge in [-0.05, 0) is 25.8 Å². The van der Waals surface area contributed by atoms with Crippen molar-refractivity contribution in [3.05, 3.63) is 0 Å². The second kappa shape index (κ2) is 5.25. The minimum absolute atomic E-state index is 0.0563. The lowest BCUT2D eigenvalue weighted by Crippen LogP contribution is -2.35. The van der Waals surface area contributed by atoms with Crippen molar-refractivity contribution < 1.29 is 13.2 Å². The molecular weight excluding hydrogens is 216 g/mol. The average molecular weight is 236 g/mol. The van der Waals surface area contributed by atoms with Crippen molar-refractivity contribution in [2.24, 2.45) is 11.7 Å². The Morgan fingerprint density at radius 3 is 2.73 bits per heavy atom. The summed E-state index contributed by atoms with van der Waals surface area (Å²) in [4.78, 5) is 0. The second-order valence-corrected chi connectivity index (χ2v) is 6.09. The Balaban J connectivity index is 2.56. The average Bonchev–Trinajstić information content (AvgIpc) is 2.65. The first-order valence-electron chi connectivity index (χ1n) is 5.20. The van der Waals surface area contributed by atoms with E-state index >= 15 is 0 Å². The molecule has 15 heavy (non-hydrogen) atoms. The Labute approximate surface area is 91.6 Å². The van der Waals surface area contributed by atoms with E-state index in [4.69, 9.17) is 10.5 Å². The summed E-state index contributed by atoms with van der Waals surface area (Å²) in [5.74, 6) is 0.374. The molecule has 2 unspecified atom stereocenters. The molecule has 0 amide bonds. The van der Waals surface area contributed by atoms with Crippen LogP contribution in [0, 0.1) is 5.92 Å². The molecule has 2 N–H and O–H groups in total. The Bertz CT molecular complexity index is 292. The Morgan fingerprint density at radius 2 is 2.27 bits per heavy atom. The number of ether oxygens (including phenoxy) is 1. The maximum atomic E-state index is 11.9. The monoisotopic (exact) mass is 236 g/mol. The normalized spacial score (nSPS) is 25.7. The SMILES string of the molecule is COC(C)CS(=O)(=O)N1CCC(CN)C1. The van der Waals surface area contributed by atoms with E-state index in [-0.39, 0.29) is 11.9 Å². The summed E-state index contributed by atoms with van der Waals surface area (Å²) >= 11 is 0. The highest BCUT2D eigenvalue weighted by molar-refractivity contribution is 7.89. The van der Waals surface area contributed by atoms with Gasteiger partial charge in [-0.1, -0.05) is 0 Å². The van der Waals surface area contributed by atoms with Gasteiger partial charge >= 0.3 is 0 Å². The predicted molar refractivity (Wildman–Crippen MR) is 59.0 cm³/mol. The van der Waals surface area contributed by atoms with Crippen molar-refractivity contribution in [1.82, 2.24) is 4.31 Å². The highest BCUT2D eigenvalue weighted by atomic mass is 32.2. The van der Waals surface area contributed by atoms with Crippen LogP contribution in [0.5, 0.6) is 0 Å². The molecule has 0 spiro atoms. The van der Waals surface area contributed by atoms with E-state index in [9.17, 15) is 8.42 Å². The maximum absolute atomic E-state index is 11.9. The smallest absolute Gasteiger partial charge is 0.216 e. The van der Waals surface area contributed by atoms with Gasteiger partial charge in [0.2, 0.25) is 10.0 Å². The lowest BCUT2D eigenvalue weighted by atomic mass is 10.1. The fraction of sp³-hybridized carbons (Fsp3) is 1.00. The second-order valence-electron chi connectivity index (χ2n) is 4.07. The molecule has 0 aliphatic carbocycles. The summed E-state index contributed by atoms with van der Waals surface area (Å²) in [6, 6.07) is 0. The van der Waals surface area contributed by atoms with Crippen LogP contribution in [-0.2, 0) is 14.8 Å². The van der Waals surface area contributed by atoms with Crippen LogP contribution in [0.1, 0.15) is 13.3 Å². The van der Waals surface area contributed by atoms with Gasteiger partial charge in [0.1, 0.15) is 0 Å². The molecule has 0 bridgehead atoms. The minimum atomic E-state index is -3.16. The van der Waals surface area contributed by atoms with Crippen molar-refractivity contribution in [2.45, 2.75) is 19.4 Å². The van der Waals surface area contributed by atoms with Gasteiger partial charge in [-0.3, -0.25) is 0 Å². The fourth-order valence-electron chi connectivity index (χ4n) is 1.71. The number of nitrogens with two attached hydrogens (primary N) is 1. The molecule has 6 heteroatoms. The van der Waals surface area contributed by atoms with Gasteiger partial charge in [0.05, 0.1) is 11.9 Å². The molecule has 1 rings (SSSR count). The topological polar surface area (TPSA) is 72.6 Å². The van der Waals surface area contributed by atoms with E-state index in [0.29, 0.717) is 25.6 Å². The highest BCUT2D eigenvalue weighted by Crippen LogP contribution is 2.19. The first kappa shape index (κ1) is 12.9. The first-order chi connectivity index (χ1) is 6.99. The number of rotatable bonds is 5. The van der Waals surface area contributed by atoms with Crippen LogP contribution < -0.4 is 5.73 Å². The summed E-state index contributed by atoms with van der Waals surface area (Å²) in [6.07, 6.45) is 0.615. The zero-order valence-electron chi connectivity index (χ0n) is 9.35.